The Labute approximate surface area is 331 Å². The van der Waals surface area contributed by atoms with E-state index in [2.05, 4.69) is 0 Å². The second kappa shape index (κ2) is 14.4. The minimum absolute atomic E-state index is 0.0267. The monoisotopic (exact) mass is 900 g/mol. The molecule has 22 heteroatoms. The fourth-order valence-corrected chi connectivity index (χ4v) is 13.9. The van der Waals surface area contributed by atoms with Crippen molar-refractivity contribution >= 4 is 109 Å². The Morgan fingerprint density at radius 3 is 0.845 bits per heavy atom. The van der Waals surface area contributed by atoms with Crippen LogP contribution in [0.15, 0.2) is 153 Å². The molecule has 298 valence electrons. The molecule has 16 nitrogen and oxygen atoms in total. The number of fused-ring (bicyclic) bond motifs is 3. The Bertz CT molecular complexity index is 3050. The van der Waals surface area contributed by atoms with Crippen molar-refractivity contribution in [3.8, 4) is 0 Å². The first kappa shape index (κ1) is 41.2. The summed E-state index contributed by atoms with van der Waals surface area (Å²) in [6, 6.07) is 26.7. The molecule has 0 aliphatic rings. The second-order valence-corrected chi connectivity index (χ2v) is 23.8. The predicted molar refractivity (Wildman–Crippen MR) is 215 cm³/mol. The highest BCUT2D eigenvalue weighted by atomic mass is 32.2. The molecule has 4 N–H and O–H groups in total. The van der Waals surface area contributed by atoms with E-state index in [1.807, 2.05) is 0 Å². The SMILES string of the molecule is O=P(c1cccc(S(=O)(=O)O)c1)(c1cccc(S(=O)(=O)O)c1)c1ccc2ccc3ccc(P(=O)(c4cccc(S(=O)(=O)O)c4)c4cccc(S(=O)(=O)O)c4)nc3c2n1. The molecule has 0 aliphatic heterocycles. The zero-order valence-electron chi connectivity index (χ0n) is 29.0. The number of nitrogens with zero attached hydrogens (tertiary/aromatic N) is 2. The summed E-state index contributed by atoms with van der Waals surface area (Å²) in [6.07, 6.45) is 0. The van der Waals surface area contributed by atoms with Crippen LogP contribution in [-0.2, 0) is 49.6 Å². The highest BCUT2D eigenvalue weighted by Gasteiger charge is 2.36. The van der Waals surface area contributed by atoms with Crippen molar-refractivity contribution in [3.63, 3.8) is 0 Å². The molecule has 7 aromatic rings. The van der Waals surface area contributed by atoms with Gasteiger partial charge in [0, 0.05) is 32.0 Å². The zero-order chi connectivity index (χ0) is 42.1. The number of benzene rings is 5. The first-order valence-electron chi connectivity index (χ1n) is 16.2. The third-order valence-electron chi connectivity index (χ3n) is 9.05. The van der Waals surface area contributed by atoms with Crippen molar-refractivity contribution < 1.29 is 61.0 Å². The largest absolute Gasteiger partial charge is 0.307 e. The van der Waals surface area contributed by atoms with E-state index < -0.39 is 74.3 Å². The van der Waals surface area contributed by atoms with Crippen LogP contribution >= 0.6 is 14.3 Å². The minimum atomic E-state index is -4.84. The van der Waals surface area contributed by atoms with Gasteiger partial charge in [0.15, 0.2) is 14.3 Å². The van der Waals surface area contributed by atoms with E-state index >= 15 is 9.13 Å². The van der Waals surface area contributed by atoms with Gasteiger partial charge in [0.25, 0.3) is 40.5 Å². The van der Waals surface area contributed by atoms with Gasteiger partial charge in [0.05, 0.1) is 30.6 Å². The van der Waals surface area contributed by atoms with Gasteiger partial charge in [0.2, 0.25) is 0 Å². The summed E-state index contributed by atoms with van der Waals surface area (Å²) in [4.78, 5) is 6.87. The highest BCUT2D eigenvalue weighted by molar-refractivity contribution is 7.88. The van der Waals surface area contributed by atoms with Crippen LogP contribution in [0.1, 0.15) is 0 Å². The van der Waals surface area contributed by atoms with Crippen molar-refractivity contribution in [2.24, 2.45) is 0 Å². The average molecular weight is 901 g/mol. The lowest BCUT2D eigenvalue weighted by atomic mass is 10.1. The van der Waals surface area contributed by atoms with Crippen LogP contribution in [0.4, 0.5) is 0 Å². The van der Waals surface area contributed by atoms with Gasteiger partial charge in [-0.2, -0.15) is 33.7 Å². The van der Waals surface area contributed by atoms with Crippen LogP contribution in [0, 0.1) is 0 Å². The minimum Gasteiger partial charge on any atom is -0.307 e. The standard InChI is InChI=1S/C36H26N2O14P2S4/c39-53(25-5-1-9-29(19-25)55(41,42)43,26-6-2-10-30(20-26)56(44,45)46)33-17-15-23-13-14-24-16-18-34(38-36(24)35(23)37-33)54(40,27-7-3-11-31(21-27)57(47,48)49)28-8-4-12-32(22-28)58(50,51)52/h1-22H,(H,41,42,43)(H,44,45,46)(H,47,48,49)(H,50,51,52). The predicted octanol–water partition coefficient (Wildman–Crippen LogP) is 3.05. The van der Waals surface area contributed by atoms with E-state index in [0.717, 1.165) is 48.5 Å². The van der Waals surface area contributed by atoms with Crippen LogP contribution in [0.25, 0.3) is 21.8 Å². The van der Waals surface area contributed by atoms with E-state index in [4.69, 9.17) is 9.97 Å². The maximum Gasteiger partial charge on any atom is 0.294 e. The van der Waals surface area contributed by atoms with Gasteiger partial charge in [-0.05, 0) is 60.7 Å². The van der Waals surface area contributed by atoms with Gasteiger partial charge in [-0.3, -0.25) is 18.2 Å². The molecule has 0 unspecified atom stereocenters. The Hall–Kier alpha value is -4.98. The molecule has 2 aromatic heterocycles. The molecule has 0 bridgehead atoms. The first-order chi connectivity index (χ1) is 27.0. The van der Waals surface area contributed by atoms with E-state index in [1.165, 1.54) is 72.8 Å². The van der Waals surface area contributed by atoms with Gasteiger partial charge in [0.1, 0.15) is 10.9 Å². The van der Waals surface area contributed by atoms with Crippen LogP contribution in [0.5, 0.6) is 0 Å². The third kappa shape index (κ3) is 7.55. The number of aromatic nitrogens is 2. The molecule has 0 aliphatic carbocycles. The lowest BCUT2D eigenvalue weighted by molar-refractivity contribution is 0.481. The quantitative estimate of drug-likeness (QED) is 0.0872. The van der Waals surface area contributed by atoms with Crippen molar-refractivity contribution in [1.82, 2.24) is 9.97 Å². The molecule has 58 heavy (non-hydrogen) atoms. The lowest BCUT2D eigenvalue weighted by Gasteiger charge is -2.21. The summed E-state index contributed by atoms with van der Waals surface area (Å²) in [5, 5.41) is -0.0871. The molecular weight excluding hydrogens is 875 g/mol. The highest BCUT2D eigenvalue weighted by Crippen LogP contribution is 2.45. The van der Waals surface area contributed by atoms with E-state index in [0.29, 0.717) is 10.8 Å². The maximum absolute atomic E-state index is 15.6. The van der Waals surface area contributed by atoms with Gasteiger partial charge in [-0.15, -0.1) is 0 Å². The zero-order valence-corrected chi connectivity index (χ0v) is 34.0. The molecule has 0 saturated heterocycles. The van der Waals surface area contributed by atoms with Gasteiger partial charge >= 0.3 is 0 Å². The number of hydrogen-bond donors (Lipinski definition) is 4. The Balaban J connectivity index is 1.54. The first-order valence-corrected chi connectivity index (χ1v) is 25.4. The third-order valence-corrected chi connectivity index (χ3v) is 18.3. The summed E-state index contributed by atoms with van der Waals surface area (Å²) < 4.78 is 168. The van der Waals surface area contributed by atoms with Crippen LogP contribution < -0.4 is 32.1 Å². The Morgan fingerprint density at radius 2 is 0.603 bits per heavy atom. The Kier molecular flexibility index (Phi) is 10.2. The van der Waals surface area contributed by atoms with Crippen molar-refractivity contribution in [1.29, 1.82) is 0 Å². The van der Waals surface area contributed by atoms with E-state index in [1.54, 1.807) is 12.1 Å². The molecule has 0 atom stereocenters. The summed E-state index contributed by atoms with van der Waals surface area (Å²) in [7, 11) is -28.2. The topological polar surface area (TPSA) is 277 Å². The van der Waals surface area contributed by atoms with Crippen molar-refractivity contribution in [3.05, 3.63) is 133 Å². The molecule has 0 radical (unpaired) electrons. The molecule has 0 fully saturated rings. The number of hydrogen-bond acceptors (Lipinski definition) is 12. The fraction of sp³-hybridized carbons (Fsp3) is 0. The summed E-state index contributed by atoms with van der Waals surface area (Å²) in [5.74, 6) is 0. The number of pyridine rings is 2. The summed E-state index contributed by atoms with van der Waals surface area (Å²) in [6.45, 7) is 0. The molecule has 7 rings (SSSR count). The van der Waals surface area contributed by atoms with Crippen molar-refractivity contribution in [2.45, 2.75) is 19.6 Å². The molecule has 0 amide bonds. The van der Waals surface area contributed by atoms with E-state index in [9.17, 15) is 51.9 Å². The van der Waals surface area contributed by atoms with Crippen molar-refractivity contribution in [2.75, 3.05) is 0 Å². The number of rotatable bonds is 10. The summed E-state index contributed by atoms with van der Waals surface area (Å²) >= 11 is 0. The lowest BCUT2D eigenvalue weighted by Crippen LogP contribution is -2.29. The van der Waals surface area contributed by atoms with Crippen LogP contribution in [0.3, 0.4) is 0 Å². The maximum atomic E-state index is 15.6. The van der Waals surface area contributed by atoms with Crippen LogP contribution in [0.2, 0.25) is 0 Å². The van der Waals surface area contributed by atoms with Gasteiger partial charge in [-0.1, -0.05) is 72.8 Å². The molecule has 0 saturated carbocycles. The van der Waals surface area contributed by atoms with Crippen LogP contribution in [-0.4, -0.2) is 61.9 Å². The normalized spacial score (nSPS) is 13.2. The van der Waals surface area contributed by atoms with Gasteiger partial charge in [-0.25, -0.2) is 9.97 Å². The molecular formula is C36H26N2O14P2S4. The molecule has 0 spiro atoms. The smallest absolute Gasteiger partial charge is 0.294 e. The fourth-order valence-electron chi connectivity index (χ4n) is 6.28. The summed E-state index contributed by atoms with van der Waals surface area (Å²) in [5.41, 5.74) is -0.438. The Morgan fingerprint density at radius 1 is 0.362 bits per heavy atom. The molecule has 2 heterocycles. The average Bonchev–Trinajstić information content (AvgIpc) is 3.18. The second-order valence-electron chi connectivity index (χ2n) is 12.7. The van der Waals surface area contributed by atoms with E-state index in [-0.39, 0.29) is 43.1 Å². The molecule has 5 aromatic carbocycles. The van der Waals surface area contributed by atoms with Gasteiger partial charge < -0.3 is 9.13 Å².